The number of aromatic nitrogens is 2. The molecule has 0 radical (unpaired) electrons. The van der Waals surface area contributed by atoms with Gasteiger partial charge in [-0.3, -0.25) is 9.89 Å². The van der Waals surface area contributed by atoms with E-state index in [1.54, 1.807) is 20.0 Å². The molecule has 0 bridgehead atoms. The Labute approximate surface area is 75.8 Å². The lowest BCUT2D eigenvalue weighted by molar-refractivity contribution is -0.121. The molecule has 1 aromatic heterocycles. The Morgan fingerprint density at radius 3 is 2.92 bits per heavy atom. The van der Waals surface area contributed by atoms with Crippen LogP contribution in [0.5, 0.6) is 0 Å². The van der Waals surface area contributed by atoms with E-state index in [0.29, 0.717) is 5.69 Å². The lowest BCUT2D eigenvalue weighted by Crippen LogP contribution is -2.28. The number of nitriles is 1. The normalized spacial score (nSPS) is 10.5. The highest BCUT2D eigenvalue weighted by molar-refractivity contribution is 5.96. The molecule has 5 nitrogen and oxygen atoms in total. The maximum atomic E-state index is 11.4. The third-order valence-electron chi connectivity index (χ3n) is 1.60. The molecule has 1 heterocycles. The van der Waals surface area contributed by atoms with Gasteiger partial charge in [0.05, 0.1) is 18.0 Å². The van der Waals surface area contributed by atoms with Crippen LogP contribution in [-0.2, 0) is 4.79 Å². The Bertz CT molecular complexity index is 334. The summed E-state index contributed by atoms with van der Waals surface area (Å²) in [5, 5.41) is 17.4. The molecule has 1 aromatic rings. The van der Waals surface area contributed by atoms with Crippen LogP contribution in [0.2, 0.25) is 0 Å². The summed E-state index contributed by atoms with van der Waals surface area (Å²) >= 11 is 0. The van der Waals surface area contributed by atoms with Crippen LogP contribution in [0.1, 0.15) is 13.8 Å². The van der Waals surface area contributed by atoms with Crippen LogP contribution in [0.15, 0.2) is 12.4 Å². The van der Waals surface area contributed by atoms with E-state index in [-0.39, 0.29) is 5.91 Å². The first kappa shape index (κ1) is 9.26. The number of carbonyl (C=O) groups excluding carboxylic acids is 1. The predicted molar refractivity (Wildman–Crippen MR) is 46.6 cm³/mol. The van der Waals surface area contributed by atoms with Gasteiger partial charge in [0.1, 0.15) is 5.41 Å². The Hall–Kier alpha value is -1.83. The fraction of sp³-hybridized carbons (Fsp3) is 0.375. The summed E-state index contributed by atoms with van der Waals surface area (Å²) in [6, 6.07) is 1.91. The monoisotopic (exact) mass is 178 g/mol. The second-order valence-corrected chi connectivity index (χ2v) is 3.18. The van der Waals surface area contributed by atoms with Gasteiger partial charge in [0.25, 0.3) is 0 Å². The number of amides is 1. The number of anilines is 1. The molecule has 1 rings (SSSR count). The third-order valence-corrected chi connectivity index (χ3v) is 1.60. The van der Waals surface area contributed by atoms with Crippen LogP contribution in [0.25, 0.3) is 0 Å². The van der Waals surface area contributed by atoms with Crippen LogP contribution in [-0.4, -0.2) is 16.1 Å². The number of nitrogens with one attached hydrogen (secondary N) is 2. The summed E-state index contributed by atoms with van der Waals surface area (Å²) in [4.78, 5) is 11.4. The van der Waals surface area contributed by atoms with Crippen molar-refractivity contribution in [3.8, 4) is 6.07 Å². The quantitative estimate of drug-likeness (QED) is 0.705. The van der Waals surface area contributed by atoms with Crippen LogP contribution in [0, 0.1) is 16.7 Å². The van der Waals surface area contributed by atoms with E-state index < -0.39 is 5.41 Å². The minimum atomic E-state index is -1.02. The molecule has 0 unspecified atom stereocenters. The van der Waals surface area contributed by atoms with Crippen molar-refractivity contribution in [2.24, 2.45) is 5.41 Å². The van der Waals surface area contributed by atoms with Crippen LogP contribution >= 0.6 is 0 Å². The van der Waals surface area contributed by atoms with Crippen molar-refractivity contribution >= 4 is 11.6 Å². The van der Waals surface area contributed by atoms with Crippen molar-refractivity contribution < 1.29 is 4.79 Å². The fourth-order valence-corrected chi connectivity index (χ4v) is 0.657. The number of rotatable bonds is 2. The molecule has 0 atom stereocenters. The molecule has 0 fully saturated rings. The summed E-state index contributed by atoms with van der Waals surface area (Å²) in [5.41, 5.74) is -0.453. The highest BCUT2D eigenvalue weighted by atomic mass is 16.2. The Kier molecular flexibility index (Phi) is 2.33. The number of nitrogens with zero attached hydrogens (tertiary/aromatic N) is 2. The molecule has 13 heavy (non-hydrogen) atoms. The standard InChI is InChI=1S/C8H10N4O/c1-8(2,5-9)7(13)12-6-3-10-11-4-6/h3-4H,1-2H3,(H,10,11)(H,12,13). The molecule has 2 N–H and O–H groups in total. The van der Waals surface area contributed by atoms with E-state index in [9.17, 15) is 4.79 Å². The lowest BCUT2D eigenvalue weighted by Gasteiger charge is -2.13. The van der Waals surface area contributed by atoms with Gasteiger partial charge in [-0.2, -0.15) is 10.4 Å². The topological polar surface area (TPSA) is 81.6 Å². The van der Waals surface area contributed by atoms with E-state index in [2.05, 4.69) is 15.5 Å². The molecule has 0 saturated heterocycles. The Balaban J connectivity index is 2.68. The van der Waals surface area contributed by atoms with Gasteiger partial charge in [-0.25, -0.2) is 0 Å². The average molecular weight is 178 g/mol. The zero-order valence-corrected chi connectivity index (χ0v) is 7.46. The SMILES string of the molecule is CC(C)(C#N)C(=O)Nc1cn[nH]c1. The van der Waals surface area contributed by atoms with Crippen molar-refractivity contribution in [2.45, 2.75) is 13.8 Å². The number of hydrogen-bond donors (Lipinski definition) is 2. The Morgan fingerprint density at radius 2 is 2.46 bits per heavy atom. The zero-order valence-electron chi connectivity index (χ0n) is 7.46. The van der Waals surface area contributed by atoms with E-state index in [4.69, 9.17) is 5.26 Å². The number of carbonyl (C=O) groups is 1. The molecule has 0 saturated carbocycles. The van der Waals surface area contributed by atoms with E-state index in [0.717, 1.165) is 0 Å². The van der Waals surface area contributed by atoms with E-state index in [1.807, 2.05) is 6.07 Å². The third kappa shape index (κ3) is 2.06. The van der Waals surface area contributed by atoms with Gasteiger partial charge in [-0.15, -0.1) is 0 Å². The smallest absolute Gasteiger partial charge is 0.244 e. The molecule has 5 heteroatoms. The molecule has 0 aliphatic carbocycles. The molecule has 0 aromatic carbocycles. The molecule has 68 valence electrons. The summed E-state index contributed by atoms with van der Waals surface area (Å²) in [7, 11) is 0. The van der Waals surface area contributed by atoms with Gasteiger partial charge in [0.15, 0.2) is 0 Å². The number of H-pyrrole nitrogens is 1. The Morgan fingerprint density at radius 1 is 1.77 bits per heavy atom. The maximum Gasteiger partial charge on any atom is 0.244 e. The predicted octanol–water partition coefficient (Wildman–Crippen LogP) is 0.898. The molecular weight excluding hydrogens is 168 g/mol. The van der Waals surface area contributed by atoms with Crippen LogP contribution in [0.4, 0.5) is 5.69 Å². The minimum absolute atomic E-state index is 0.337. The number of hydrogen-bond acceptors (Lipinski definition) is 3. The maximum absolute atomic E-state index is 11.4. The number of aromatic amines is 1. The summed E-state index contributed by atoms with van der Waals surface area (Å²) in [5.74, 6) is -0.337. The van der Waals surface area contributed by atoms with Gasteiger partial charge in [0.2, 0.25) is 5.91 Å². The van der Waals surface area contributed by atoms with Crippen LogP contribution in [0.3, 0.4) is 0 Å². The van der Waals surface area contributed by atoms with E-state index >= 15 is 0 Å². The van der Waals surface area contributed by atoms with Crippen molar-refractivity contribution in [1.82, 2.24) is 10.2 Å². The second-order valence-electron chi connectivity index (χ2n) is 3.18. The first-order valence-electron chi connectivity index (χ1n) is 3.78. The highest BCUT2D eigenvalue weighted by Gasteiger charge is 2.27. The van der Waals surface area contributed by atoms with Crippen molar-refractivity contribution in [3.63, 3.8) is 0 Å². The van der Waals surface area contributed by atoms with Crippen molar-refractivity contribution in [1.29, 1.82) is 5.26 Å². The van der Waals surface area contributed by atoms with Gasteiger partial charge in [-0.05, 0) is 13.8 Å². The van der Waals surface area contributed by atoms with Gasteiger partial charge >= 0.3 is 0 Å². The largest absolute Gasteiger partial charge is 0.322 e. The summed E-state index contributed by atoms with van der Waals surface area (Å²) < 4.78 is 0. The summed E-state index contributed by atoms with van der Waals surface area (Å²) in [6.07, 6.45) is 3.02. The minimum Gasteiger partial charge on any atom is -0.322 e. The van der Waals surface area contributed by atoms with Gasteiger partial charge in [-0.1, -0.05) is 0 Å². The summed E-state index contributed by atoms with van der Waals surface area (Å²) in [6.45, 7) is 3.12. The van der Waals surface area contributed by atoms with Crippen molar-refractivity contribution in [3.05, 3.63) is 12.4 Å². The lowest BCUT2D eigenvalue weighted by atomic mass is 9.95. The first-order chi connectivity index (χ1) is 6.06. The molecular formula is C8H10N4O. The van der Waals surface area contributed by atoms with Crippen molar-refractivity contribution in [2.75, 3.05) is 5.32 Å². The zero-order chi connectivity index (χ0) is 9.90. The van der Waals surface area contributed by atoms with Gasteiger partial charge in [0, 0.05) is 6.20 Å². The highest BCUT2D eigenvalue weighted by Crippen LogP contribution is 2.16. The average Bonchev–Trinajstić information content (AvgIpc) is 2.57. The molecule has 0 aliphatic heterocycles. The molecule has 0 aliphatic rings. The first-order valence-corrected chi connectivity index (χ1v) is 3.78. The van der Waals surface area contributed by atoms with Gasteiger partial charge < -0.3 is 5.32 Å². The van der Waals surface area contributed by atoms with E-state index in [1.165, 1.54) is 6.20 Å². The fourth-order valence-electron chi connectivity index (χ4n) is 0.657. The molecule has 0 spiro atoms. The second kappa shape index (κ2) is 3.27. The van der Waals surface area contributed by atoms with Crippen LogP contribution < -0.4 is 5.32 Å². The molecule has 1 amide bonds.